The SMILES string of the molecule is Ic1ccc(OCC#Cc2ccccc2)cc1. The highest BCUT2D eigenvalue weighted by molar-refractivity contribution is 14.1. The quantitative estimate of drug-likeness (QED) is 0.601. The Labute approximate surface area is 115 Å². The summed E-state index contributed by atoms with van der Waals surface area (Å²) in [5, 5.41) is 0. The van der Waals surface area contributed by atoms with E-state index in [9.17, 15) is 0 Å². The Kier molecular flexibility index (Phi) is 4.45. The molecule has 0 fully saturated rings. The van der Waals surface area contributed by atoms with Gasteiger partial charge in [-0.1, -0.05) is 30.0 Å². The van der Waals surface area contributed by atoms with Gasteiger partial charge < -0.3 is 4.74 Å². The molecule has 0 bridgehead atoms. The van der Waals surface area contributed by atoms with Crippen LogP contribution in [0.1, 0.15) is 5.56 Å². The number of halogens is 1. The van der Waals surface area contributed by atoms with Crippen LogP contribution in [0.5, 0.6) is 5.75 Å². The van der Waals surface area contributed by atoms with Crippen LogP contribution in [0.3, 0.4) is 0 Å². The fourth-order valence-electron chi connectivity index (χ4n) is 1.31. The van der Waals surface area contributed by atoms with E-state index in [4.69, 9.17) is 4.74 Å². The van der Waals surface area contributed by atoms with Crippen molar-refractivity contribution in [2.45, 2.75) is 0 Å². The zero-order valence-corrected chi connectivity index (χ0v) is 11.3. The van der Waals surface area contributed by atoms with Crippen molar-refractivity contribution in [3.63, 3.8) is 0 Å². The number of rotatable bonds is 2. The third-order valence-electron chi connectivity index (χ3n) is 2.13. The molecule has 0 amide bonds. The van der Waals surface area contributed by atoms with Crippen LogP contribution in [0.25, 0.3) is 0 Å². The summed E-state index contributed by atoms with van der Waals surface area (Å²) in [5.41, 5.74) is 1.01. The standard InChI is InChI=1S/C15H11IO/c16-14-8-10-15(11-9-14)17-12-4-7-13-5-2-1-3-6-13/h1-3,5-6,8-11H,12H2. The van der Waals surface area contributed by atoms with Crippen LogP contribution in [-0.4, -0.2) is 6.61 Å². The Balaban J connectivity index is 1.88. The van der Waals surface area contributed by atoms with Crippen LogP contribution in [0, 0.1) is 15.4 Å². The predicted octanol–water partition coefficient (Wildman–Crippen LogP) is 3.72. The third kappa shape index (κ3) is 4.12. The summed E-state index contributed by atoms with van der Waals surface area (Å²) < 4.78 is 6.71. The van der Waals surface area contributed by atoms with Gasteiger partial charge in [0.1, 0.15) is 12.4 Å². The fourth-order valence-corrected chi connectivity index (χ4v) is 1.67. The number of ether oxygens (including phenoxy) is 1. The van der Waals surface area contributed by atoms with E-state index in [2.05, 4.69) is 34.4 Å². The molecule has 0 aromatic heterocycles. The maximum absolute atomic E-state index is 5.51. The second-order valence-electron chi connectivity index (χ2n) is 3.41. The minimum absolute atomic E-state index is 0.412. The molecule has 0 heterocycles. The Morgan fingerprint density at radius 3 is 2.35 bits per heavy atom. The highest BCUT2D eigenvalue weighted by Gasteiger charge is 1.90. The van der Waals surface area contributed by atoms with Gasteiger partial charge in [-0.05, 0) is 59.0 Å². The van der Waals surface area contributed by atoms with Crippen LogP contribution < -0.4 is 4.74 Å². The normalized spacial score (nSPS) is 9.24. The predicted molar refractivity (Wildman–Crippen MR) is 78.0 cm³/mol. The van der Waals surface area contributed by atoms with Crippen molar-refractivity contribution in [1.82, 2.24) is 0 Å². The van der Waals surface area contributed by atoms with E-state index in [0.29, 0.717) is 6.61 Å². The first kappa shape index (κ1) is 12.0. The largest absolute Gasteiger partial charge is 0.481 e. The van der Waals surface area contributed by atoms with Crippen LogP contribution in [-0.2, 0) is 0 Å². The van der Waals surface area contributed by atoms with E-state index in [1.165, 1.54) is 3.57 Å². The van der Waals surface area contributed by atoms with E-state index in [1.807, 2.05) is 54.6 Å². The van der Waals surface area contributed by atoms with E-state index in [-0.39, 0.29) is 0 Å². The third-order valence-corrected chi connectivity index (χ3v) is 2.85. The van der Waals surface area contributed by atoms with Crippen molar-refractivity contribution in [2.24, 2.45) is 0 Å². The molecule has 0 saturated carbocycles. The van der Waals surface area contributed by atoms with Crippen LogP contribution >= 0.6 is 22.6 Å². The Morgan fingerprint density at radius 2 is 1.65 bits per heavy atom. The van der Waals surface area contributed by atoms with Gasteiger partial charge in [0.15, 0.2) is 0 Å². The lowest BCUT2D eigenvalue weighted by molar-refractivity contribution is 0.370. The lowest BCUT2D eigenvalue weighted by Crippen LogP contribution is -1.93. The molecule has 2 aromatic rings. The molecule has 0 atom stereocenters. The molecule has 0 aliphatic heterocycles. The molecule has 2 aromatic carbocycles. The Morgan fingerprint density at radius 1 is 0.941 bits per heavy atom. The van der Waals surface area contributed by atoms with Crippen molar-refractivity contribution in [3.8, 4) is 17.6 Å². The van der Waals surface area contributed by atoms with E-state index < -0.39 is 0 Å². The summed E-state index contributed by atoms with van der Waals surface area (Å²) in [6, 6.07) is 17.8. The van der Waals surface area contributed by atoms with E-state index in [1.54, 1.807) is 0 Å². The average molecular weight is 334 g/mol. The van der Waals surface area contributed by atoms with Crippen molar-refractivity contribution in [2.75, 3.05) is 6.61 Å². The van der Waals surface area contributed by atoms with Crippen LogP contribution in [0.2, 0.25) is 0 Å². The smallest absolute Gasteiger partial charge is 0.149 e. The van der Waals surface area contributed by atoms with Gasteiger partial charge in [-0.3, -0.25) is 0 Å². The van der Waals surface area contributed by atoms with Crippen molar-refractivity contribution in [1.29, 1.82) is 0 Å². The first-order chi connectivity index (χ1) is 8.34. The molecule has 0 saturated heterocycles. The summed E-state index contributed by atoms with van der Waals surface area (Å²) in [7, 11) is 0. The summed E-state index contributed by atoms with van der Waals surface area (Å²) in [5.74, 6) is 6.89. The molecule has 84 valence electrons. The Hall–Kier alpha value is -1.47. The van der Waals surface area contributed by atoms with Gasteiger partial charge in [-0.2, -0.15) is 0 Å². The van der Waals surface area contributed by atoms with Gasteiger partial charge in [0, 0.05) is 9.13 Å². The molecule has 0 aliphatic carbocycles. The summed E-state index contributed by atoms with van der Waals surface area (Å²) in [6.07, 6.45) is 0. The van der Waals surface area contributed by atoms with Gasteiger partial charge in [0.05, 0.1) is 0 Å². The summed E-state index contributed by atoms with van der Waals surface area (Å²) in [6.45, 7) is 0.412. The van der Waals surface area contributed by atoms with Crippen molar-refractivity contribution >= 4 is 22.6 Å². The summed E-state index contributed by atoms with van der Waals surface area (Å²) in [4.78, 5) is 0. The topological polar surface area (TPSA) is 9.23 Å². The fraction of sp³-hybridized carbons (Fsp3) is 0.0667. The first-order valence-electron chi connectivity index (χ1n) is 5.27. The molecule has 0 aliphatic rings. The highest BCUT2D eigenvalue weighted by Crippen LogP contribution is 2.12. The van der Waals surface area contributed by atoms with Gasteiger partial charge in [-0.25, -0.2) is 0 Å². The molecule has 0 N–H and O–H groups in total. The zero-order chi connectivity index (χ0) is 11.9. The van der Waals surface area contributed by atoms with Gasteiger partial charge in [-0.15, -0.1) is 0 Å². The number of hydrogen-bond acceptors (Lipinski definition) is 1. The second kappa shape index (κ2) is 6.31. The highest BCUT2D eigenvalue weighted by atomic mass is 127. The van der Waals surface area contributed by atoms with Crippen LogP contribution in [0.15, 0.2) is 54.6 Å². The van der Waals surface area contributed by atoms with E-state index >= 15 is 0 Å². The lowest BCUT2D eigenvalue weighted by Gasteiger charge is -2.00. The molecular formula is C15H11IO. The van der Waals surface area contributed by atoms with Gasteiger partial charge >= 0.3 is 0 Å². The van der Waals surface area contributed by atoms with Gasteiger partial charge in [0.25, 0.3) is 0 Å². The zero-order valence-electron chi connectivity index (χ0n) is 9.19. The first-order valence-corrected chi connectivity index (χ1v) is 6.35. The minimum Gasteiger partial charge on any atom is -0.481 e. The molecule has 17 heavy (non-hydrogen) atoms. The summed E-state index contributed by atoms with van der Waals surface area (Å²) >= 11 is 2.27. The van der Waals surface area contributed by atoms with Crippen molar-refractivity contribution < 1.29 is 4.74 Å². The van der Waals surface area contributed by atoms with E-state index in [0.717, 1.165) is 11.3 Å². The van der Waals surface area contributed by atoms with Crippen molar-refractivity contribution in [3.05, 3.63) is 63.7 Å². The number of benzene rings is 2. The van der Waals surface area contributed by atoms with Gasteiger partial charge in [0.2, 0.25) is 0 Å². The average Bonchev–Trinajstić information content (AvgIpc) is 2.38. The monoisotopic (exact) mass is 334 g/mol. The Bertz CT molecular complexity index is 520. The molecule has 0 unspecified atom stereocenters. The maximum Gasteiger partial charge on any atom is 0.149 e. The molecule has 0 radical (unpaired) electrons. The minimum atomic E-state index is 0.412. The number of hydrogen-bond donors (Lipinski definition) is 0. The second-order valence-corrected chi connectivity index (χ2v) is 4.66. The molecule has 1 nitrogen and oxygen atoms in total. The maximum atomic E-state index is 5.51. The lowest BCUT2D eigenvalue weighted by atomic mass is 10.2. The van der Waals surface area contributed by atoms with Crippen LogP contribution in [0.4, 0.5) is 0 Å². The molecule has 2 rings (SSSR count). The molecular weight excluding hydrogens is 323 g/mol. The molecule has 0 spiro atoms. The molecule has 2 heteroatoms.